The molecule has 0 unspecified atom stereocenters. The van der Waals surface area contributed by atoms with Crippen molar-refractivity contribution in [1.29, 1.82) is 0 Å². The Hall–Kier alpha value is -2.95. The van der Waals surface area contributed by atoms with E-state index < -0.39 is 0 Å². The van der Waals surface area contributed by atoms with E-state index in [9.17, 15) is 4.79 Å². The molecule has 1 amide bonds. The summed E-state index contributed by atoms with van der Waals surface area (Å²) < 4.78 is 10.5. The Bertz CT molecular complexity index is 830. The zero-order valence-electron chi connectivity index (χ0n) is 15.4. The number of fused-ring (bicyclic) bond motifs is 1. The zero-order valence-corrected chi connectivity index (χ0v) is 15.4. The van der Waals surface area contributed by atoms with Crippen LogP contribution in [0.3, 0.4) is 0 Å². The van der Waals surface area contributed by atoms with Gasteiger partial charge in [-0.2, -0.15) is 0 Å². The summed E-state index contributed by atoms with van der Waals surface area (Å²) in [6, 6.07) is 11.6. The van der Waals surface area contributed by atoms with Crippen molar-refractivity contribution in [3.05, 3.63) is 53.6 Å². The molecule has 2 aromatic carbocycles. The van der Waals surface area contributed by atoms with Gasteiger partial charge in [-0.05, 0) is 49.2 Å². The summed E-state index contributed by atoms with van der Waals surface area (Å²) in [5.41, 5.74) is 4.17. The van der Waals surface area contributed by atoms with Crippen molar-refractivity contribution in [3.8, 4) is 11.5 Å². The van der Waals surface area contributed by atoms with E-state index in [4.69, 9.17) is 9.47 Å². The molecular formula is C21H24N2O3. The fraction of sp³-hybridized carbons (Fsp3) is 0.286. The van der Waals surface area contributed by atoms with Gasteiger partial charge in [0.05, 0.1) is 14.2 Å². The number of carbonyl (C=O) groups excluding carboxylic acids is 1. The number of benzene rings is 2. The normalized spacial score (nSPS) is 13.0. The first-order valence-electron chi connectivity index (χ1n) is 8.73. The van der Waals surface area contributed by atoms with Crippen molar-refractivity contribution < 1.29 is 14.3 Å². The largest absolute Gasteiger partial charge is 0.497 e. The maximum atomic E-state index is 12.3. The van der Waals surface area contributed by atoms with Crippen LogP contribution in [-0.2, 0) is 11.2 Å². The number of nitrogens with one attached hydrogen (secondary N) is 1. The Morgan fingerprint density at radius 3 is 2.77 bits per heavy atom. The minimum Gasteiger partial charge on any atom is -0.497 e. The van der Waals surface area contributed by atoms with Crippen LogP contribution in [0, 0.1) is 0 Å². The number of methoxy groups -OCH3 is 2. The third-order valence-corrected chi connectivity index (χ3v) is 4.58. The number of ether oxygens (including phenoxy) is 2. The molecule has 0 fully saturated rings. The molecule has 3 rings (SSSR count). The SMILES string of the molecule is CCN1CCc2ccc(NC(=O)/C=C/c3ccc(OC)cc3OC)cc21. The van der Waals surface area contributed by atoms with Gasteiger partial charge in [0.1, 0.15) is 11.5 Å². The van der Waals surface area contributed by atoms with Crippen LogP contribution in [0.5, 0.6) is 11.5 Å². The highest BCUT2D eigenvalue weighted by Gasteiger charge is 2.17. The fourth-order valence-electron chi connectivity index (χ4n) is 3.16. The Balaban J connectivity index is 1.71. The molecule has 1 aliphatic rings. The summed E-state index contributed by atoms with van der Waals surface area (Å²) in [4.78, 5) is 14.6. The zero-order chi connectivity index (χ0) is 18.5. The molecule has 0 radical (unpaired) electrons. The van der Waals surface area contributed by atoms with Crippen LogP contribution < -0.4 is 19.7 Å². The third-order valence-electron chi connectivity index (χ3n) is 4.58. The minimum absolute atomic E-state index is 0.177. The second kappa shape index (κ2) is 7.95. The topological polar surface area (TPSA) is 50.8 Å². The molecule has 0 aliphatic carbocycles. The van der Waals surface area contributed by atoms with E-state index in [1.54, 1.807) is 26.4 Å². The summed E-state index contributed by atoms with van der Waals surface area (Å²) in [7, 11) is 3.20. The Morgan fingerprint density at radius 2 is 2.04 bits per heavy atom. The number of hydrogen-bond donors (Lipinski definition) is 1. The van der Waals surface area contributed by atoms with Crippen LogP contribution in [-0.4, -0.2) is 33.2 Å². The first kappa shape index (κ1) is 17.9. The molecule has 5 nitrogen and oxygen atoms in total. The molecule has 0 spiro atoms. The number of carbonyl (C=O) groups is 1. The van der Waals surface area contributed by atoms with E-state index in [0.29, 0.717) is 11.5 Å². The number of hydrogen-bond acceptors (Lipinski definition) is 4. The monoisotopic (exact) mass is 352 g/mol. The van der Waals surface area contributed by atoms with Gasteiger partial charge in [0.25, 0.3) is 0 Å². The van der Waals surface area contributed by atoms with Crippen molar-refractivity contribution >= 4 is 23.4 Å². The van der Waals surface area contributed by atoms with Crippen LogP contribution in [0.4, 0.5) is 11.4 Å². The van der Waals surface area contributed by atoms with Gasteiger partial charge in [-0.15, -0.1) is 0 Å². The van der Waals surface area contributed by atoms with E-state index in [2.05, 4.69) is 23.2 Å². The van der Waals surface area contributed by atoms with Crippen LogP contribution in [0.25, 0.3) is 6.08 Å². The van der Waals surface area contributed by atoms with Crippen LogP contribution in [0.1, 0.15) is 18.1 Å². The number of nitrogens with zero attached hydrogens (tertiary/aromatic N) is 1. The number of rotatable bonds is 6. The lowest BCUT2D eigenvalue weighted by atomic mass is 10.1. The maximum absolute atomic E-state index is 12.3. The summed E-state index contributed by atoms with van der Waals surface area (Å²) >= 11 is 0. The summed E-state index contributed by atoms with van der Waals surface area (Å²) in [6.45, 7) is 4.16. The van der Waals surface area contributed by atoms with Gasteiger partial charge in [-0.1, -0.05) is 6.07 Å². The van der Waals surface area contributed by atoms with Crippen LogP contribution in [0.2, 0.25) is 0 Å². The molecule has 26 heavy (non-hydrogen) atoms. The molecule has 5 heteroatoms. The molecule has 1 heterocycles. The highest BCUT2D eigenvalue weighted by Crippen LogP contribution is 2.30. The van der Waals surface area contributed by atoms with Gasteiger partial charge in [0, 0.05) is 42.2 Å². The molecule has 1 aliphatic heterocycles. The van der Waals surface area contributed by atoms with Crippen molar-refractivity contribution in [2.45, 2.75) is 13.3 Å². The van der Waals surface area contributed by atoms with Crippen molar-refractivity contribution in [1.82, 2.24) is 0 Å². The van der Waals surface area contributed by atoms with Crippen LogP contribution >= 0.6 is 0 Å². The minimum atomic E-state index is -0.177. The maximum Gasteiger partial charge on any atom is 0.248 e. The average Bonchev–Trinajstić information content (AvgIpc) is 3.08. The second-order valence-electron chi connectivity index (χ2n) is 6.10. The van der Waals surface area contributed by atoms with Crippen molar-refractivity contribution in [2.75, 3.05) is 37.5 Å². The van der Waals surface area contributed by atoms with Crippen molar-refractivity contribution in [3.63, 3.8) is 0 Å². The fourth-order valence-corrected chi connectivity index (χ4v) is 3.16. The first-order valence-corrected chi connectivity index (χ1v) is 8.73. The van der Waals surface area contributed by atoms with Gasteiger partial charge in [0.15, 0.2) is 0 Å². The highest BCUT2D eigenvalue weighted by molar-refractivity contribution is 6.02. The Kier molecular flexibility index (Phi) is 5.46. The number of anilines is 2. The molecule has 1 N–H and O–H groups in total. The summed E-state index contributed by atoms with van der Waals surface area (Å²) in [5, 5.41) is 2.93. The molecule has 0 saturated heterocycles. The van der Waals surface area contributed by atoms with Gasteiger partial charge >= 0.3 is 0 Å². The molecule has 0 aromatic heterocycles. The predicted molar refractivity (Wildman–Crippen MR) is 105 cm³/mol. The molecule has 0 saturated carbocycles. The van der Waals surface area contributed by atoms with Crippen molar-refractivity contribution in [2.24, 2.45) is 0 Å². The lowest BCUT2D eigenvalue weighted by Crippen LogP contribution is -2.19. The van der Waals surface area contributed by atoms with Gasteiger partial charge < -0.3 is 19.7 Å². The Morgan fingerprint density at radius 1 is 1.19 bits per heavy atom. The van der Waals surface area contributed by atoms with Crippen LogP contribution in [0.15, 0.2) is 42.5 Å². The Labute approximate surface area is 154 Å². The lowest BCUT2D eigenvalue weighted by Gasteiger charge is -2.17. The first-order chi connectivity index (χ1) is 12.6. The quantitative estimate of drug-likeness (QED) is 0.805. The predicted octanol–water partition coefficient (Wildman–Crippen LogP) is 3.74. The van der Waals surface area contributed by atoms with Gasteiger partial charge in [0.2, 0.25) is 5.91 Å². The lowest BCUT2D eigenvalue weighted by molar-refractivity contribution is -0.111. The molecule has 2 aromatic rings. The van der Waals surface area contributed by atoms with E-state index in [1.165, 1.54) is 17.3 Å². The van der Waals surface area contributed by atoms with E-state index >= 15 is 0 Å². The number of likely N-dealkylation sites (N-methyl/N-ethyl adjacent to an activating group) is 1. The average molecular weight is 352 g/mol. The summed E-state index contributed by atoms with van der Waals surface area (Å²) in [6.07, 6.45) is 4.31. The molecular weight excluding hydrogens is 328 g/mol. The van der Waals surface area contributed by atoms with Gasteiger partial charge in [-0.3, -0.25) is 4.79 Å². The number of amides is 1. The molecule has 136 valence electrons. The third kappa shape index (κ3) is 3.82. The standard InChI is InChI=1S/C21H24N2O3/c1-4-23-12-11-15-5-8-17(13-19(15)23)22-21(24)10-7-16-6-9-18(25-2)14-20(16)26-3/h5-10,13-14H,4,11-12H2,1-3H3,(H,22,24)/b10-7+. The highest BCUT2D eigenvalue weighted by atomic mass is 16.5. The molecule has 0 bridgehead atoms. The van der Waals surface area contributed by atoms with E-state index in [0.717, 1.165) is 30.8 Å². The molecule has 0 atom stereocenters. The second-order valence-corrected chi connectivity index (χ2v) is 6.10. The summed E-state index contributed by atoms with van der Waals surface area (Å²) in [5.74, 6) is 1.19. The van der Waals surface area contributed by atoms with E-state index in [-0.39, 0.29) is 5.91 Å². The smallest absolute Gasteiger partial charge is 0.248 e. The van der Waals surface area contributed by atoms with E-state index in [1.807, 2.05) is 24.3 Å². The van der Waals surface area contributed by atoms with Gasteiger partial charge in [-0.25, -0.2) is 0 Å².